The first-order valence-electron chi connectivity index (χ1n) is 4.09. The van der Waals surface area contributed by atoms with Gasteiger partial charge in [-0.2, -0.15) is 25.3 Å². The van der Waals surface area contributed by atoms with Crippen molar-refractivity contribution in [3.63, 3.8) is 0 Å². The molecular weight excluding hydrogens is 176 g/mol. The zero-order valence-electron chi connectivity index (χ0n) is 6.66. The van der Waals surface area contributed by atoms with Crippen molar-refractivity contribution in [2.45, 2.75) is 19.3 Å². The number of aliphatic hydroxyl groups is 1. The van der Waals surface area contributed by atoms with E-state index in [1.807, 2.05) is 0 Å². The van der Waals surface area contributed by atoms with Gasteiger partial charge in [0.25, 0.3) is 0 Å². The molecule has 0 bridgehead atoms. The first-order chi connectivity index (χ1) is 5.26. The number of aliphatic hydroxyl groups excluding tert-OH is 1. The summed E-state index contributed by atoms with van der Waals surface area (Å²) in [5.41, 5.74) is -0.00656. The minimum Gasteiger partial charge on any atom is -0.396 e. The Kier molecular flexibility index (Phi) is 3.59. The van der Waals surface area contributed by atoms with Crippen LogP contribution in [0.5, 0.6) is 0 Å². The molecule has 0 saturated heterocycles. The van der Waals surface area contributed by atoms with E-state index >= 15 is 0 Å². The lowest BCUT2D eigenvalue weighted by Gasteiger charge is -2.28. The number of hydrogen-bond acceptors (Lipinski definition) is 3. The molecule has 11 heavy (non-hydrogen) atoms. The van der Waals surface area contributed by atoms with E-state index in [0.29, 0.717) is 0 Å². The lowest BCUT2D eigenvalue weighted by molar-refractivity contribution is 0.153. The van der Waals surface area contributed by atoms with Gasteiger partial charge in [0.05, 0.1) is 6.61 Å². The van der Waals surface area contributed by atoms with Crippen LogP contribution in [0, 0.1) is 11.3 Å². The van der Waals surface area contributed by atoms with E-state index < -0.39 is 0 Å². The minimum absolute atomic E-state index is 0.00656. The van der Waals surface area contributed by atoms with Crippen LogP contribution in [-0.2, 0) is 0 Å². The molecule has 1 N–H and O–H groups in total. The van der Waals surface area contributed by atoms with Crippen LogP contribution in [0.2, 0.25) is 0 Å². The molecule has 1 aliphatic rings. The van der Waals surface area contributed by atoms with Gasteiger partial charge in [-0.3, -0.25) is 0 Å². The molecule has 0 heterocycles. The molecule has 0 aliphatic heterocycles. The van der Waals surface area contributed by atoms with Gasteiger partial charge in [-0.05, 0) is 23.8 Å². The zero-order chi connectivity index (χ0) is 8.32. The molecule has 0 aromatic rings. The van der Waals surface area contributed by atoms with Crippen molar-refractivity contribution in [1.29, 1.82) is 0 Å². The summed E-state index contributed by atoms with van der Waals surface area (Å²) in [6.45, 7) is 0.233. The van der Waals surface area contributed by atoms with E-state index in [2.05, 4.69) is 25.3 Å². The Hall–Kier alpha value is 0.660. The van der Waals surface area contributed by atoms with Gasteiger partial charge in [0.15, 0.2) is 0 Å². The monoisotopic (exact) mass is 192 g/mol. The number of rotatable bonds is 5. The molecule has 0 radical (unpaired) electrons. The predicted molar refractivity (Wildman–Crippen MR) is 54.6 cm³/mol. The second-order valence-electron chi connectivity index (χ2n) is 3.62. The van der Waals surface area contributed by atoms with Gasteiger partial charge in [0, 0.05) is 5.41 Å². The molecule has 3 heteroatoms. The van der Waals surface area contributed by atoms with E-state index in [-0.39, 0.29) is 12.0 Å². The van der Waals surface area contributed by atoms with Crippen molar-refractivity contribution in [2.24, 2.45) is 11.3 Å². The van der Waals surface area contributed by atoms with Gasteiger partial charge >= 0.3 is 0 Å². The first-order valence-corrected chi connectivity index (χ1v) is 5.35. The summed E-state index contributed by atoms with van der Waals surface area (Å²) in [4.78, 5) is 0. The standard InChI is InChI=1S/C8H16OS2/c9-4-8(5-10,6-11)3-7-1-2-7/h7,9-11H,1-6H2. The van der Waals surface area contributed by atoms with Gasteiger partial charge in [0.2, 0.25) is 0 Å². The summed E-state index contributed by atoms with van der Waals surface area (Å²) in [7, 11) is 0. The summed E-state index contributed by atoms with van der Waals surface area (Å²) in [6.07, 6.45) is 3.78. The normalized spacial score (nSPS) is 18.8. The molecule has 0 spiro atoms. The zero-order valence-corrected chi connectivity index (χ0v) is 8.45. The van der Waals surface area contributed by atoms with Crippen LogP contribution in [0.1, 0.15) is 19.3 Å². The lowest BCUT2D eigenvalue weighted by Crippen LogP contribution is -2.30. The molecule has 1 aliphatic carbocycles. The summed E-state index contributed by atoms with van der Waals surface area (Å²) in [5, 5.41) is 9.16. The Morgan fingerprint density at radius 2 is 1.82 bits per heavy atom. The maximum Gasteiger partial charge on any atom is 0.0503 e. The van der Waals surface area contributed by atoms with E-state index in [9.17, 15) is 0 Å². The molecule has 0 aromatic carbocycles. The molecule has 0 aromatic heterocycles. The maximum atomic E-state index is 9.16. The van der Waals surface area contributed by atoms with Crippen molar-refractivity contribution in [3.8, 4) is 0 Å². The molecule has 0 amide bonds. The second kappa shape index (κ2) is 4.06. The fraction of sp³-hybridized carbons (Fsp3) is 1.00. The predicted octanol–water partition coefficient (Wildman–Crippen LogP) is 1.62. The lowest BCUT2D eigenvalue weighted by atomic mass is 9.87. The summed E-state index contributed by atoms with van der Waals surface area (Å²) < 4.78 is 0. The van der Waals surface area contributed by atoms with Crippen molar-refractivity contribution < 1.29 is 5.11 Å². The topological polar surface area (TPSA) is 20.2 Å². The fourth-order valence-electron chi connectivity index (χ4n) is 1.28. The Morgan fingerprint density at radius 1 is 1.27 bits per heavy atom. The van der Waals surface area contributed by atoms with Gasteiger partial charge in [-0.25, -0.2) is 0 Å². The molecule has 0 unspecified atom stereocenters. The van der Waals surface area contributed by atoms with Crippen LogP contribution in [0.25, 0.3) is 0 Å². The van der Waals surface area contributed by atoms with Crippen molar-refractivity contribution in [2.75, 3.05) is 18.1 Å². The Labute approximate surface area is 79.4 Å². The van der Waals surface area contributed by atoms with Crippen LogP contribution in [0.15, 0.2) is 0 Å². The van der Waals surface area contributed by atoms with Crippen LogP contribution >= 0.6 is 25.3 Å². The average Bonchev–Trinajstić information content (AvgIpc) is 2.84. The van der Waals surface area contributed by atoms with Crippen LogP contribution in [-0.4, -0.2) is 23.2 Å². The Bertz CT molecular complexity index is 111. The van der Waals surface area contributed by atoms with Crippen molar-refractivity contribution >= 4 is 25.3 Å². The maximum absolute atomic E-state index is 9.16. The number of hydrogen-bond donors (Lipinski definition) is 3. The van der Waals surface area contributed by atoms with E-state index in [1.54, 1.807) is 0 Å². The van der Waals surface area contributed by atoms with Crippen LogP contribution in [0.4, 0.5) is 0 Å². The van der Waals surface area contributed by atoms with Crippen LogP contribution in [0.3, 0.4) is 0 Å². The van der Waals surface area contributed by atoms with E-state index in [0.717, 1.165) is 23.8 Å². The fourth-order valence-corrected chi connectivity index (χ4v) is 2.14. The van der Waals surface area contributed by atoms with Crippen molar-refractivity contribution in [1.82, 2.24) is 0 Å². The highest BCUT2D eigenvalue weighted by molar-refractivity contribution is 7.81. The molecular formula is C8H16OS2. The quantitative estimate of drug-likeness (QED) is 0.566. The molecule has 1 nitrogen and oxygen atoms in total. The van der Waals surface area contributed by atoms with Crippen molar-refractivity contribution in [3.05, 3.63) is 0 Å². The first kappa shape index (κ1) is 9.75. The third-order valence-corrected chi connectivity index (χ3v) is 3.77. The third kappa shape index (κ3) is 2.56. The minimum atomic E-state index is -0.00656. The van der Waals surface area contributed by atoms with E-state index in [1.165, 1.54) is 12.8 Å². The summed E-state index contributed by atoms with van der Waals surface area (Å²) in [5.74, 6) is 2.36. The Balaban J connectivity index is 2.39. The van der Waals surface area contributed by atoms with Gasteiger partial charge in [-0.15, -0.1) is 0 Å². The highest BCUT2D eigenvalue weighted by atomic mass is 32.1. The SMILES string of the molecule is OCC(CS)(CS)CC1CC1. The third-order valence-electron chi connectivity index (χ3n) is 2.42. The average molecular weight is 192 g/mol. The summed E-state index contributed by atoms with van der Waals surface area (Å²) in [6, 6.07) is 0. The largest absolute Gasteiger partial charge is 0.396 e. The number of thiol groups is 2. The molecule has 66 valence electrons. The van der Waals surface area contributed by atoms with Gasteiger partial charge in [-0.1, -0.05) is 12.8 Å². The molecule has 1 saturated carbocycles. The van der Waals surface area contributed by atoms with E-state index in [4.69, 9.17) is 5.11 Å². The van der Waals surface area contributed by atoms with Gasteiger partial charge < -0.3 is 5.11 Å². The highest BCUT2D eigenvalue weighted by Gasteiger charge is 2.34. The van der Waals surface area contributed by atoms with Crippen LogP contribution < -0.4 is 0 Å². The second-order valence-corrected chi connectivity index (χ2v) is 4.25. The molecule has 0 atom stereocenters. The highest BCUT2D eigenvalue weighted by Crippen LogP contribution is 2.41. The summed E-state index contributed by atoms with van der Waals surface area (Å²) >= 11 is 8.51. The molecule has 1 fully saturated rings. The molecule has 1 rings (SSSR count). The van der Waals surface area contributed by atoms with Gasteiger partial charge in [0.1, 0.15) is 0 Å². The smallest absolute Gasteiger partial charge is 0.0503 e. The Morgan fingerprint density at radius 3 is 2.09 bits per heavy atom.